The number of rotatable bonds is 3. The molecule has 1 aromatic heterocycles. The van der Waals surface area contributed by atoms with Gasteiger partial charge in [0.1, 0.15) is 4.21 Å². The summed E-state index contributed by atoms with van der Waals surface area (Å²) in [4.78, 5) is 14.9. The minimum absolute atomic E-state index is 0. The average molecular weight is 412 g/mol. The standard InChI is InChI=1S/C18H27N2O3S2.2CH2/c21-18(19-11-5-3-1-2-4-6-12-19)16-9-13-20(14-10-16)25(22,23)17-8-7-15-24-17;;/h3,7-8,15-16H,1-2,4-6,9-14H2;2*1H2. The molecule has 2 aliphatic rings. The highest BCUT2D eigenvalue weighted by atomic mass is 32.2. The predicted octanol–water partition coefficient (Wildman–Crippen LogP) is 3.80. The molecule has 0 atom stereocenters. The van der Waals surface area contributed by atoms with E-state index in [1.807, 2.05) is 4.90 Å². The largest absolute Gasteiger partial charge is 0.342 e. The molecule has 0 aromatic carbocycles. The minimum Gasteiger partial charge on any atom is -0.342 e. The summed E-state index contributed by atoms with van der Waals surface area (Å²) in [6, 6.07) is 3.41. The summed E-state index contributed by atoms with van der Waals surface area (Å²) in [7, 11) is -3.39. The number of hydrogen-bond acceptors (Lipinski definition) is 4. The molecule has 0 unspecified atom stereocenters. The van der Waals surface area contributed by atoms with Crippen molar-refractivity contribution in [3.05, 3.63) is 38.8 Å². The van der Waals surface area contributed by atoms with E-state index in [2.05, 4.69) is 6.42 Å². The monoisotopic (exact) mass is 411 g/mol. The Morgan fingerprint density at radius 2 is 1.74 bits per heavy atom. The van der Waals surface area contributed by atoms with Crippen LogP contribution in [0.25, 0.3) is 0 Å². The van der Waals surface area contributed by atoms with E-state index < -0.39 is 10.0 Å². The van der Waals surface area contributed by atoms with E-state index in [4.69, 9.17) is 0 Å². The zero-order chi connectivity index (χ0) is 17.7. The smallest absolute Gasteiger partial charge is 0.252 e. The molecule has 5 radical (unpaired) electrons. The van der Waals surface area contributed by atoms with Crippen LogP contribution in [0.15, 0.2) is 21.7 Å². The van der Waals surface area contributed by atoms with E-state index in [1.54, 1.807) is 17.5 Å². The first-order chi connectivity index (χ1) is 12.1. The van der Waals surface area contributed by atoms with Gasteiger partial charge in [0.2, 0.25) is 5.91 Å². The Bertz CT molecular complexity index is 641. The lowest BCUT2D eigenvalue weighted by Gasteiger charge is -2.33. The molecule has 0 spiro atoms. The van der Waals surface area contributed by atoms with Crippen molar-refractivity contribution in [3.8, 4) is 0 Å². The molecule has 1 aromatic rings. The van der Waals surface area contributed by atoms with Crippen LogP contribution in [0, 0.1) is 27.2 Å². The fourth-order valence-electron chi connectivity index (χ4n) is 3.63. The Labute approximate surface area is 169 Å². The van der Waals surface area contributed by atoms with E-state index in [0.717, 1.165) is 32.4 Å². The first-order valence-corrected chi connectivity index (χ1v) is 11.5. The highest BCUT2D eigenvalue weighted by molar-refractivity contribution is 7.91. The van der Waals surface area contributed by atoms with Gasteiger partial charge in [0.25, 0.3) is 10.0 Å². The second-order valence-electron chi connectivity index (χ2n) is 6.86. The normalized spacial score (nSPS) is 20.5. The molecule has 27 heavy (non-hydrogen) atoms. The molecular weight excluding hydrogens is 380 g/mol. The third kappa shape index (κ3) is 6.03. The minimum atomic E-state index is -3.39. The van der Waals surface area contributed by atoms with Gasteiger partial charge in [-0.3, -0.25) is 4.79 Å². The van der Waals surface area contributed by atoms with Gasteiger partial charge in [-0.2, -0.15) is 4.31 Å². The summed E-state index contributed by atoms with van der Waals surface area (Å²) in [6.07, 6.45) is 9.15. The van der Waals surface area contributed by atoms with Crippen LogP contribution in [-0.4, -0.2) is 49.7 Å². The molecule has 3 heterocycles. The third-order valence-corrected chi connectivity index (χ3v) is 8.42. The van der Waals surface area contributed by atoms with E-state index in [0.29, 0.717) is 30.1 Å². The van der Waals surface area contributed by atoms with Gasteiger partial charge in [0, 0.05) is 32.1 Å². The van der Waals surface area contributed by atoms with Crippen molar-refractivity contribution in [2.45, 2.75) is 49.2 Å². The summed E-state index contributed by atoms with van der Waals surface area (Å²) in [5, 5.41) is 1.78. The topological polar surface area (TPSA) is 57.7 Å². The molecule has 5 nitrogen and oxygen atoms in total. The number of amides is 1. The van der Waals surface area contributed by atoms with Crippen LogP contribution >= 0.6 is 11.3 Å². The molecular formula is C20H31N2O3S2. The zero-order valence-corrected chi connectivity index (χ0v) is 17.6. The first kappa shape index (κ1) is 24.1. The number of piperidine rings is 1. The maximum atomic E-state index is 12.9. The molecule has 151 valence electrons. The van der Waals surface area contributed by atoms with Crippen LogP contribution in [0.4, 0.5) is 0 Å². The molecule has 3 rings (SSSR count). The van der Waals surface area contributed by atoms with E-state index >= 15 is 0 Å². The van der Waals surface area contributed by atoms with E-state index in [1.165, 1.54) is 28.5 Å². The van der Waals surface area contributed by atoms with E-state index in [9.17, 15) is 13.2 Å². The third-order valence-electron chi connectivity index (χ3n) is 5.14. The molecule has 0 N–H and O–H groups in total. The predicted molar refractivity (Wildman–Crippen MR) is 110 cm³/mol. The number of carbonyl (C=O) groups excluding carboxylic acids is 1. The lowest BCUT2D eigenvalue weighted by molar-refractivity contribution is -0.136. The SMILES string of the molecule is O=C(C1CCN(S(=O)(=O)c2cccs2)CC1)N1CC[CH]CCCCC1.[CH2].[CH2]. The second-order valence-corrected chi connectivity index (χ2v) is 9.97. The van der Waals surface area contributed by atoms with Gasteiger partial charge in [0.15, 0.2) is 0 Å². The Balaban J connectivity index is 0.00000182. The quantitative estimate of drug-likeness (QED) is 0.760. The Morgan fingerprint density at radius 1 is 1.00 bits per heavy atom. The van der Waals surface area contributed by atoms with Crippen LogP contribution in [0.5, 0.6) is 0 Å². The van der Waals surface area contributed by atoms with Crippen LogP contribution in [-0.2, 0) is 14.8 Å². The fourth-order valence-corrected chi connectivity index (χ4v) is 6.24. The highest BCUT2D eigenvalue weighted by Gasteiger charge is 2.34. The molecule has 2 fully saturated rings. The Morgan fingerprint density at radius 3 is 2.41 bits per heavy atom. The molecule has 2 saturated heterocycles. The second kappa shape index (κ2) is 11.2. The van der Waals surface area contributed by atoms with Gasteiger partial charge >= 0.3 is 0 Å². The molecule has 7 heteroatoms. The van der Waals surface area contributed by atoms with Crippen LogP contribution in [0.2, 0.25) is 0 Å². The summed E-state index contributed by atoms with van der Waals surface area (Å²) >= 11 is 1.25. The van der Waals surface area contributed by atoms with Gasteiger partial charge in [-0.1, -0.05) is 40.2 Å². The van der Waals surface area contributed by atoms with Gasteiger partial charge in [-0.05, 0) is 43.6 Å². The van der Waals surface area contributed by atoms with Crippen molar-refractivity contribution in [2.75, 3.05) is 26.2 Å². The lowest BCUT2D eigenvalue weighted by Crippen LogP contribution is -2.44. The van der Waals surface area contributed by atoms with Crippen molar-refractivity contribution < 1.29 is 13.2 Å². The van der Waals surface area contributed by atoms with Crippen molar-refractivity contribution in [1.29, 1.82) is 0 Å². The Kier molecular flexibility index (Phi) is 9.98. The van der Waals surface area contributed by atoms with Gasteiger partial charge < -0.3 is 4.90 Å². The fraction of sp³-hybridized carbons (Fsp3) is 0.600. The number of nitrogens with zero attached hydrogens (tertiary/aromatic N) is 2. The molecule has 0 bridgehead atoms. The van der Waals surface area contributed by atoms with Gasteiger partial charge in [-0.15, -0.1) is 11.3 Å². The van der Waals surface area contributed by atoms with Crippen molar-refractivity contribution in [3.63, 3.8) is 0 Å². The highest BCUT2D eigenvalue weighted by Crippen LogP contribution is 2.27. The van der Waals surface area contributed by atoms with Crippen LogP contribution in [0.1, 0.15) is 44.9 Å². The Hall–Kier alpha value is -0.920. The average Bonchev–Trinajstić information content (AvgIpc) is 3.20. The van der Waals surface area contributed by atoms with Crippen molar-refractivity contribution in [1.82, 2.24) is 9.21 Å². The summed E-state index contributed by atoms with van der Waals surface area (Å²) in [6.45, 7) is 2.54. The summed E-state index contributed by atoms with van der Waals surface area (Å²) in [5.41, 5.74) is 0. The maximum absolute atomic E-state index is 12.9. The van der Waals surface area contributed by atoms with E-state index in [-0.39, 0.29) is 26.7 Å². The first-order valence-electron chi connectivity index (χ1n) is 9.23. The van der Waals surface area contributed by atoms with Crippen molar-refractivity contribution in [2.24, 2.45) is 5.92 Å². The molecule has 0 aliphatic carbocycles. The van der Waals surface area contributed by atoms with Gasteiger partial charge in [0.05, 0.1) is 0 Å². The molecule has 0 saturated carbocycles. The van der Waals surface area contributed by atoms with Gasteiger partial charge in [-0.25, -0.2) is 8.42 Å². The van der Waals surface area contributed by atoms with Crippen LogP contribution < -0.4 is 0 Å². The lowest BCUT2D eigenvalue weighted by atomic mass is 9.96. The molecule has 1 amide bonds. The summed E-state index contributed by atoms with van der Waals surface area (Å²) < 4.78 is 27.1. The van der Waals surface area contributed by atoms with Crippen molar-refractivity contribution >= 4 is 27.3 Å². The zero-order valence-electron chi connectivity index (χ0n) is 16.0. The maximum Gasteiger partial charge on any atom is 0.252 e. The number of thiophene rings is 1. The number of carbonyl (C=O) groups is 1. The molecule has 2 aliphatic heterocycles. The summed E-state index contributed by atoms with van der Waals surface area (Å²) in [5.74, 6) is 0.194. The van der Waals surface area contributed by atoms with Crippen LogP contribution in [0.3, 0.4) is 0 Å². The number of hydrogen-bond donors (Lipinski definition) is 0. The number of sulfonamides is 1.